The molecular formula is C23H27N5O. The van der Waals surface area contributed by atoms with Gasteiger partial charge in [0.25, 0.3) is 0 Å². The average Bonchev–Trinajstić information content (AvgIpc) is 2.68. The predicted molar refractivity (Wildman–Crippen MR) is 117 cm³/mol. The fourth-order valence-electron chi connectivity index (χ4n) is 3.19. The number of hydrogen-bond donors (Lipinski definition) is 2. The highest BCUT2D eigenvalue weighted by Crippen LogP contribution is 2.34. The molecular weight excluding hydrogens is 362 g/mol. The van der Waals surface area contributed by atoms with Gasteiger partial charge in [-0.2, -0.15) is 10.1 Å². The van der Waals surface area contributed by atoms with Crippen molar-refractivity contribution in [2.45, 2.75) is 46.5 Å². The molecule has 2 N–H and O–H groups in total. The van der Waals surface area contributed by atoms with Crippen LogP contribution < -0.4 is 10.6 Å². The Morgan fingerprint density at radius 2 is 1.59 bits per heavy atom. The van der Waals surface area contributed by atoms with Crippen LogP contribution in [0.2, 0.25) is 0 Å². The molecule has 0 saturated heterocycles. The van der Waals surface area contributed by atoms with Crippen LogP contribution in [0.3, 0.4) is 0 Å². The zero-order valence-corrected chi connectivity index (χ0v) is 17.5. The maximum atomic E-state index is 11.6. The number of ketones is 1. The lowest BCUT2D eigenvalue weighted by Crippen LogP contribution is -2.07. The monoisotopic (exact) mass is 389 g/mol. The molecule has 6 heteroatoms. The molecule has 0 spiro atoms. The summed E-state index contributed by atoms with van der Waals surface area (Å²) in [6, 6.07) is 13.6. The van der Waals surface area contributed by atoms with E-state index in [4.69, 9.17) is 0 Å². The number of carbonyl (C=O) groups is 1. The summed E-state index contributed by atoms with van der Waals surface area (Å²) in [5.74, 6) is 1.73. The first-order valence-corrected chi connectivity index (χ1v) is 9.82. The van der Waals surface area contributed by atoms with Crippen LogP contribution in [0.25, 0.3) is 0 Å². The van der Waals surface area contributed by atoms with Gasteiger partial charge in [0, 0.05) is 16.9 Å². The van der Waals surface area contributed by atoms with Crippen molar-refractivity contribution in [3.05, 3.63) is 65.4 Å². The zero-order valence-electron chi connectivity index (χ0n) is 17.5. The molecule has 3 rings (SSSR count). The molecule has 0 aliphatic carbocycles. The quantitative estimate of drug-likeness (QED) is 0.497. The van der Waals surface area contributed by atoms with Crippen molar-refractivity contribution in [1.29, 1.82) is 0 Å². The van der Waals surface area contributed by atoms with Crippen molar-refractivity contribution in [1.82, 2.24) is 15.2 Å². The molecule has 0 bridgehead atoms. The van der Waals surface area contributed by atoms with E-state index in [1.54, 1.807) is 25.3 Å². The lowest BCUT2D eigenvalue weighted by Gasteiger charge is -2.20. The van der Waals surface area contributed by atoms with E-state index in [-0.39, 0.29) is 5.78 Å². The second kappa shape index (κ2) is 8.82. The van der Waals surface area contributed by atoms with Crippen LogP contribution in [-0.4, -0.2) is 21.0 Å². The first-order valence-electron chi connectivity index (χ1n) is 9.82. The minimum absolute atomic E-state index is 0.00891. The van der Waals surface area contributed by atoms with Gasteiger partial charge in [0.1, 0.15) is 0 Å². The predicted octanol–water partition coefficient (Wildman–Crippen LogP) is 5.81. The maximum Gasteiger partial charge on any atom is 0.249 e. The number of benzene rings is 2. The van der Waals surface area contributed by atoms with Crippen molar-refractivity contribution in [2.24, 2.45) is 0 Å². The number of carbonyl (C=O) groups excluding carboxylic acids is 1. The Hall–Kier alpha value is -3.28. The van der Waals surface area contributed by atoms with E-state index in [0.29, 0.717) is 29.2 Å². The van der Waals surface area contributed by atoms with E-state index < -0.39 is 0 Å². The lowest BCUT2D eigenvalue weighted by atomic mass is 9.92. The van der Waals surface area contributed by atoms with Crippen LogP contribution in [0.15, 0.2) is 48.7 Å². The third-order valence-electron chi connectivity index (χ3n) is 4.71. The second-order valence-electron chi connectivity index (χ2n) is 7.67. The van der Waals surface area contributed by atoms with Crippen LogP contribution >= 0.6 is 0 Å². The molecule has 1 heterocycles. The number of anilines is 4. The van der Waals surface area contributed by atoms with E-state index in [0.717, 1.165) is 11.4 Å². The van der Waals surface area contributed by atoms with Gasteiger partial charge in [-0.15, -0.1) is 5.10 Å². The van der Waals surface area contributed by atoms with E-state index in [2.05, 4.69) is 71.7 Å². The van der Waals surface area contributed by atoms with E-state index in [1.165, 1.54) is 11.1 Å². The number of nitrogens with one attached hydrogen (secondary N) is 2. The minimum atomic E-state index is 0.00891. The molecule has 150 valence electrons. The Labute approximate surface area is 171 Å². The second-order valence-corrected chi connectivity index (χ2v) is 7.67. The largest absolute Gasteiger partial charge is 0.338 e. The van der Waals surface area contributed by atoms with E-state index in [1.807, 2.05) is 12.1 Å². The summed E-state index contributed by atoms with van der Waals surface area (Å²) < 4.78 is 0. The van der Waals surface area contributed by atoms with Gasteiger partial charge in [-0.05, 0) is 42.0 Å². The summed E-state index contributed by atoms with van der Waals surface area (Å²) in [6.45, 7) is 10.3. The van der Waals surface area contributed by atoms with Gasteiger partial charge in [0.15, 0.2) is 11.6 Å². The fourth-order valence-corrected chi connectivity index (χ4v) is 3.19. The highest BCUT2D eigenvalue weighted by molar-refractivity contribution is 5.95. The van der Waals surface area contributed by atoms with Crippen LogP contribution in [0.1, 0.15) is 67.9 Å². The van der Waals surface area contributed by atoms with Gasteiger partial charge in [-0.3, -0.25) is 4.79 Å². The summed E-state index contributed by atoms with van der Waals surface area (Å²) in [7, 11) is 0. The van der Waals surface area contributed by atoms with Crippen LogP contribution in [-0.2, 0) is 0 Å². The summed E-state index contributed by atoms with van der Waals surface area (Å²) in [4.78, 5) is 16.2. The first-order chi connectivity index (χ1) is 13.8. The van der Waals surface area contributed by atoms with E-state index in [9.17, 15) is 4.79 Å². The van der Waals surface area contributed by atoms with Gasteiger partial charge < -0.3 is 10.6 Å². The number of aromatic nitrogens is 3. The van der Waals surface area contributed by atoms with Crippen molar-refractivity contribution in [3.63, 3.8) is 0 Å². The Bertz CT molecular complexity index is 987. The average molecular weight is 390 g/mol. The normalized spacial score (nSPS) is 11.0. The Balaban J connectivity index is 1.90. The Morgan fingerprint density at radius 3 is 2.21 bits per heavy atom. The first kappa shape index (κ1) is 20.5. The van der Waals surface area contributed by atoms with Crippen molar-refractivity contribution in [3.8, 4) is 0 Å². The molecule has 0 radical (unpaired) electrons. The molecule has 0 fully saturated rings. The summed E-state index contributed by atoms with van der Waals surface area (Å²) in [6.07, 6.45) is 1.61. The van der Waals surface area contributed by atoms with Crippen molar-refractivity contribution < 1.29 is 4.79 Å². The van der Waals surface area contributed by atoms with Gasteiger partial charge in [0.2, 0.25) is 5.95 Å². The summed E-state index contributed by atoms with van der Waals surface area (Å²) >= 11 is 0. The van der Waals surface area contributed by atoms with Gasteiger partial charge >= 0.3 is 0 Å². The molecule has 3 aromatic rings. The third-order valence-corrected chi connectivity index (χ3v) is 4.71. The van der Waals surface area contributed by atoms with E-state index >= 15 is 0 Å². The number of rotatable bonds is 7. The van der Waals surface area contributed by atoms with Crippen molar-refractivity contribution in [2.75, 3.05) is 10.6 Å². The molecule has 29 heavy (non-hydrogen) atoms. The van der Waals surface area contributed by atoms with Crippen LogP contribution in [0, 0.1) is 0 Å². The number of Topliss-reactive ketones (excluding diaryl/α,β-unsaturated/α-hetero) is 1. The van der Waals surface area contributed by atoms with Crippen LogP contribution in [0.5, 0.6) is 0 Å². The molecule has 0 unspecified atom stereocenters. The number of nitrogens with zero attached hydrogens (tertiary/aromatic N) is 3. The molecule has 0 atom stereocenters. The third kappa shape index (κ3) is 4.96. The highest BCUT2D eigenvalue weighted by Gasteiger charge is 2.15. The molecule has 0 aliphatic rings. The molecule has 0 saturated carbocycles. The topological polar surface area (TPSA) is 79.8 Å². The zero-order chi connectivity index (χ0) is 21.0. The Morgan fingerprint density at radius 1 is 0.931 bits per heavy atom. The number of para-hydroxylation sites is 1. The van der Waals surface area contributed by atoms with Gasteiger partial charge in [-0.25, -0.2) is 0 Å². The van der Waals surface area contributed by atoms with Crippen molar-refractivity contribution >= 4 is 28.9 Å². The minimum Gasteiger partial charge on any atom is -0.338 e. The standard InChI is InChI=1S/C23H27N5O/c1-14(2)19-10-7-11-20(15(3)4)22(19)26-21-13-24-28-23(27-21)25-18-9-6-8-17(12-18)16(5)29/h6-15H,1-5H3,(H2,25,26,27,28). The molecule has 0 amide bonds. The van der Waals surface area contributed by atoms with Gasteiger partial charge in [0.05, 0.1) is 6.20 Å². The maximum absolute atomic E-state index is 11.6. The van der Waals surface area contributed by atoms with Gasteiger partial charge in [-0.1, -0.05) is 58.0 Å². The lowest BCUT2D eigenvalue weighted by molar-refractivity contribution is 0.101. The highest BCUT2D eigenvalue weighted by atomic mass is 16.1. The fraction of sp³-hybridized carbons (Fsp3) is 0.304. The molecule has 0 aliphatic heterocycles. The molecule has 2 aromatic carbocycles. The molecule has 1 aromatic heterocycles. The smallest absolute Gasteiger partial charge is 0.249 e. The summed E-state index contributed by atoms with van der Waals surface area (Å²) in [5.41, 5.74) is 4.91. The Kier molecular flexibility index (Phi) is 6.22. The number of hydrogen-bond acceptors (Lipinski definition) is 6. The summed E-state index contributed by atoms with van der Waals surface area (Å²) in [5, 5.41) is 14.7. The SMILES string of the molecule is CC(=O)c1cccc(Nc2nncc(Nc3c(C(C)C)cccc3C(C)C)n2)c1. The molecule has 6 nitrogen and oxygen atoms in total. The van der Waals surface area contributed by atoms with Crippen LogP contribution in [0.4, 0.5) is 23.1 Å².